The van der Waals surface area contributed by atoms with Crippen LogP contribution in [0.15, 0.2) is 47.5 Å². The minimum absolute atomic E-state index is 0.213. The SMILES string of the molecule is COc1ccc(CN2CCN(CN=C(NBr)NC(=O)c3ccccc3)CC2)c(OC)c1OC. The highest BCUT2D eigenvalue weighted by atomic mass is 79.9. The number of nitrogens with zero attached hydrogens (tertiary/aromatic N) is 3. The molecule has 3 rings (SSSR count). The van der Waals surface area contributed by atoms with E-state index in [0.717, 1.165) is 38.3 Å². The lowest BCUT2D eigenvalue weighted by molar-refractivity contribution is 0.0975. The van der Waals surface area contributed by atoms with Crippen LogP contribution in [0, 0.1) is 0 Å². The van der Waals surface area contributed by atoms with Gasteiger partial charge in [0.15, 0.2) is 11.5 Å². The second-order valence-electron chi connectivity index (χ2n) is 7.45. The van der Waals surface area contributed by atoms with Gasteiger partial charge in [-0.1, -0.05) is 24.3 Å². The van der Waals surface area contributed by atoms with Gasteiger partial charge >= 0.3 is 0 Å². The molecule has 0 saturated carbocycles. The zero-order chi connectivity index (χ0) is 23.6. The minimum Gasteiger partial charge on any atom is -0.493 e. The van der Waals surface area contributed by atoms with Crippen molar-refractivity contribution in [2.45, 2.75) is 6.54 Å². The maximum atomic E-state index is 12.3. The number of nitrogens with one attached hydrogen (secondary N) is 2. The van der Waals surface area contributed by atoms with Gasteiger partial charge in [0.05, 0.1) is 28.0 Å². The van der Waals surface area contributed by atoms with E-state index in [1.54, 1.807) is 33.5 Å². The van der Waals surface area contributed by atoms with Crippen LogP contribution in [-0.2, 0) is 6.54 Å². The molecule has 0 bridgehead atoms. The zero-order valence-corrected chi connectivity index (χ0v) is 20.7. The molecule has 9 nitrogen and oxygen atoms in total. The van der Waals surface area contributed by atoms with Gasteiger partial charge in [-0.05, 0) is 18.2 Å². The van der Waals surface area contributed by atoms with Gasteiger partial charge < -0.3 is 14.2 Å². The molecule has 2 N–H and O–H groups in total. The van der Waals surface area contributed by atoms with E-state index in [1.807, 2.05) is 30.3 Å². The predicted octanol–water partition coefficient (Wildman–Crippen LogP) is 2.47. The monoisotopic (exact) mass is 519 g/mol. The molecule has 1 fully saturated rings. The van der Waals surface area contributed by atoms with E-state index in [4.69, 9.17) is 14.2 Å². The number of halogens is 1. The minimum atomic E-state index is -0.213. The molecule has 1 aliphatic rings. The first-order valence-corrected chi connectivity index (χ1v) is 11.4. The molecule has 0 aliphatic carbocycles. The quantitative estimate of drug-likeness (QED) is 0.314. The van der Waals surface area contributed by atoms with Gasteiger partial charge in [-0.2, -0.15) is 0 Å². The van der Waals surface area contributed by atoms with E-state index >= 15 is 0 Å². The molecule has 2 aromatic rings. The lowest BCUT2D eigenvalue weighted by Gasteiger charge is -2.34. The summed E-state index contributed by atoms with van der Waals surface area (Å²) in [6.45, 7) is 4.74. The number of guanidine groups is 1. The Labute approximate surface area is 203 Å². The highest BCUT2D eigenvalue weighted by molar-refractivity contribution is 9.08. The van der Waals surface area contributed by atoms with Gasteiger partial charge in [0.25, 0.3) is 5.91 Å². The van der Waals surface area contributed by atoms with E-state index in [1.165, 1.54) is 0 Å². The van der Waals surface area contributed by atoms with Gasteiger partial charge in [0.2, 0.25) is 11.7 Å². The number of carbonyl (C=O) groups excluding carboxylic acids is 1. The molecule has 0 aromatic heterocycles. The van der Waals surface area contributed by atoms with Crippen molar-refractivity contribution in [2.75, 3.05) is 54.2 Å². The first-order valence-electron chi connectivity index (χ1n) is 10.6. The molecule has 33 heavy (non-hydrogen) atoms. The summed E-state index contributed by atoms with van der Waals surface area (Å²) in [5.41, 5.74) is 1.63. The summed E-state index contributed by atoms with van der Waals surface area (Å²) < 4.78 is 19.2. The van der Waals surface area contributed by atoms with Crippen LogP contribution in [-0.4, -0.2) is 75.8 Å². The number of methoxy groups -OCH3 is 3. The van der Waals surface area contributed by atoms with Crippen molar-refractivity contribution in [3.05, 3.63) is 53.6 Å². The van der Waals surface area contributed by atoms with Gasteiger partial charge in [-0.15, -0.1) is 0 Å². The molecule has 178 valence electrons. The number of hydrogen-bond donors (Lipinski definition) is 2. The molecule has 0 unspecified atom stereocenters. The Hall–Kier alpha value is -2.82. The third kappa shape index (κ3) is 6.59. The fourth-order valence-electron chi connectivity index (χ4n) is 3.65. The number of hydrogen-bond acceptors (Lipinski definition) is 7. The zero-order valence-electron chi connectivity index (χ0n) is 19.1. The van der Waals surface area contributed by atoms with E-state index in [2.05, 4.69) is 40.6 Å². The van der Waals surface area contributed by atoms with Gasteiger partial charge in [0, 0.05) is 60.0 Å². The molecule has 0 spiro atoms. The summed E-state index contributed by atoms with van der Waals surface area (Å²) >= 11 is 3.17. The maximum absolute atomic E-state index is 12.3. The van der Waals surface area contributed by atoms with Crippen LogP contribution in [0.5, 0.6) is 17.2 Å². The van der Waals surface area contributed by atoms with E-state index in [0.29, 0.717) is 35.4 Å². The van der Waals surface area contributed by atoms with Crippen LogP contribution in [0.4, 0.5) is 0 Å². The Kier molecular flexibility index (Phi) is 9.35. The summed E-state index contributed by atoms with van der Waals surface area (Å²) in [4.78, 5) is 21.4. The summed E-state index contributed by atoms with van der Waals surface area (Å²) in [5.74, 6) is 2.12. The number of rotatable bonds is 8. The average Bonchev–Trinajstić information content (AvgIpc) is 2.87. The highest BCUT2D eigenvalue weighted by Crippen LogP contribution is 2.40. The van der Waals surface area contributed by atoms with Gasteiger partial charge in [-0.25, -0.2) is 4.99 Å². The second kappa shape index (κ2) is 12.4. The number of piperazine rings is 1. The number of amides is 1. The maximum Gasteiger partial charge on any atom is 0.257 e. The van der Waals surface area contributed by atoms with Crippen molar-refractivity contribution in [3.8, 4) is 17.2 Å². The summed E-state index contributed by atoms with van der Waals surface area (Å²) in [7, 11) is 4.87. The predicted molar refractivity (Wildman–Crippen MR) is 131 cm³/mol. The topological polar surface area (TPSA) is 87.7 Å². The number of benzene rings is 2. The fourth-order valence-corrected chi connectivity index (χ4v) is 3.87. The number of aliphatic imine (C=N–C) groups is 1. The molecule has 1 amide bonds. The summed E-state index contributed by atoms with van der Waals surface area (Å²) in [6, 6.07) is 13.0. The second-order valence-corrected chi connectivity index (χ2v) is 7.85. The van der Waals surface area contributed by atoms with Crippen LogP contribution >= 0.6 is 16.1 Å². The molecule has 2 aromatic carbocycles. The van der Waals surface area contributed by atoms with E-state index < -0.39 is 0 Å². The Bertz CT molecular complexity index is 949. The number of carbonyl (C=O) groups is 1. The third-order valence-corrected chi connectivity index (χ3v) is 5.81. The van der Waals surface area contributed by atoms with Crippen LogP contribution in [0.3, 0.4) is 0 Å². The molecule has 0 radical (unpaired) electrons. The standard InChI is InChI=1S/C23H30BrN5O4/c1-31-19-10-9-18(20(32-2)21(19)33-3)15-28-11-13-29(14-12-28)16-25-23(27-24)26-22(30)17-7-5-4-6-8-17/h4-10H,11-16H2,1-3H3,(H2,25,26,27,30). The Morgan fingerprint density at radius 2 is 1.61 bits per heavy atom. The first kappa shape index (κ1) is 24.8. The lowest BCUT2D eigenvalue weighted by atomic mass is 10.1. The largest absolute Gasteiger partial charge is 0.493 e. The van der Waals surface area contributed by atoms with Crippen molar-refractivity contribution >= 4 is 28.0 Å². The molecular formula is C23H30BrN5O4. The Morgan fingerprint density at radius 3 is 2.21 bits per heavy atom. The normalized spacial score (nSPS) is 15.1. The van der Waals surface area contributed by atoms with Crippen molar-refractivity contribution in [2.24, 2.45) is 4.99 Å². The molecule has 1 saturated heterocycles. The van der Waals surface area contributed by atoms with E-state index in [9.17, 15) is 4.79 Å². The van der Waals surface area contributed by atoms with Crippen molar-refractivity contribution in [1.29, 1.82) is 0 Å². The fraction of sp³-hybridized carbons (Fsp3) is 0.391. The molecular weight excluding hydrogens is 490 g/mol. The molecule has 0 atom stereocenters. The highest BCUT2D eigenvalue weighted by Gasteiger charge is 2.21. The third-order valence-electron chi connectivity index (χ3n) is 5.43. The van der Waals surface area contributed by atoms with E-state index in [-0.39, 0.29) is 5.91 Å². The summed E-state index contributed by atoms with van der Waals surface area (Å²) in [6.07, 6.45) is 0. The molecule has 1 aliphatic heterocycles. The average molecular weight is 520 g/mol. The van der Waals surface area contributed by atoms with Crippen molar-refractivity contribution in [1.82, 2.24) is 19.5 Å². The number of ether oxygens (including phenoxy) is 3. The van der Waals surface area contributed by atoms with Crippen LogP contribution in [0.25, 0.3) is 0 Å². The summed E-state index contributed by atoms with van der Waals surface area (Å²) in [5, 5.41) is 2.78. The van der Waals surface area contributed by atoms with Gasteiger partial charge in [-0.3, -0.25) is 24.3 Å². The first-order chi connectivity index (χ1) is 16.1. The van der Waals surface area contributed by atoms with Gasteiger partial charge in [0.1, 0.15) is 0 Å². The smallest absolute Gasteiger partial charge is 0.257 e. The Balaban J connectivity index is 1.53. The lowest BCUT2D eigenvalue weighted by Crippen LogP contribution is -2.46. The van der Waals surface area contributed by atoms with Crippen molar-refractivity contribution in [3.63, 3.8) is 0 Å². The van der Waals surface area contributed by atoms with Crippen LogP contribution in [0.2, 0.25) is 0 Å². The molecule has 1 heterocycles. The van der Waals surface area contributed by atoms with Crippen LogP contribution < -0.4 is 23.9 Å². The molecule has 10 heteroatoms. The Morgan fingerprint density at radius 1 is 0.939 bits per heavy atom. The van der Waals surface area contributed by atoms with Crippen molar-refractivity contribution < 1.29 is 19.0 Å². The van der Waals surface area contributed by atoms with Crippen LogP contribution in [0.1, 0.15) is 15.9 Å².